The van der Waals surface area contributed by atoms with Crippen LogP contribution in [0.15, 0.2) is 6.33 Å². The van der Waals surface area contributed by atoms with Crippen LogP contribution in [0.25, 0.3) is 0 Å². The van der Waals surface area contributed by atoms with Crippen molar-refractivity contribution < 1.29 is 0 Å². The van der Waals surface area contributed by atoms with Gasteiger partial charge in [-0.1, -0.05) is 26.2 Å². The maximum absolute atomic E-state index is 4.13. The third-order valence-corrected chi connectivity index (χ3v) is 3.85. The second-order valence-electron chi connectivity index (χ2n) is 5.13. The fourth-order valence-corrected chi connectivity index (χ4v) is 2.76. The van der Waals surface area contributed by atoms with Gasteiger partial charge in [-0.2, -0.15) is 5.10 Å². The molecule has 1 aromatic heterocycles. The lowest BCUT2D eigenvalue weighted by Gasteiger charge is -2.29. The summed E-state index contributed by atoms with van der Waals surface area (Å²) in [5, 5.41) is 10.4. The molecule has 0 amide bonds. The van der Waals surface area contributed by atoms with Crippen molar-refractivity contribution in [2.75, 3.05) is 6.54 Å². The molecular weight excluding hydrogens is 212 g/mol. The average Bonchev–Trinajstić information content (AvgIpc) is 2.88. The summed E-state index contributed by atoms with van der Waals surface area (Å²) in [6.07, 6.45) is 10.6. The van der Waals surface area contributed by atoms with E-state index in [1.807, 2.05) is 0 Å². The van der Waals surface area contributed by atoms with Gasteiger partial charge in [-0.25, -0.2) is 4.98 Å². The zero-order valence-corrected chi connectivity index (χ0v) is 10.8. The van der Waals surface area contributed by atoms with Crippen molar-refractivity contribution in [3.63, 3.8) is 0 Å². The molecule has 1 saturated carbocycles. The minimum Gasteiger partial charge on any atom is -0.314 e. The zero-order valence-electron chi connectivity index (χ0n) is 10.8. The van der Waals surface area contributed by atoms with Gasteiger partial charge >= 0.3 is 0 Å². The van der Waals surface area contributed by atoms with Gasteiger partial charge in [0.2, 0.25) is 0 Å². The average molecular weight is 236 g/mol. The Hall–Kier alpha value is -0.900. The largest absolute Gasteiger partial charge is 0.314 e. The van der Waals surface area contributed by atoms with Crippen LogP contribution < -0.4 is 5.32 Å². The van der Waals surface area contributed by atoms with Crippen LogP contribution in [0.1, 0.15) is 51.3 Å². The van der Waals surface area contributed by atoms with Gasteiger partial charge in [-0.3, -0.25) is 5.10 Å². The topological polar surface area (TPSA) is 53.6 Å². The number of H-pyrrole nitrogens is 1. The number of aromatic nitrogens is 3. The van der Waals surface area contributed by atoms with Gasteiger partial charge in [0.15, 0.2) is 0 Å². The fraction of sp³-hybridized carbons (Fsp3) is 0.846. The molecule has 2 rings (SSSR count). The van der Waals surface area contributed by atoms with Gasteiger partial charge in [0.05, 0.1) is 0 Å². The van der Waals surface area contributed by atoms with E-state index in [9.17, 15) is 0 Å². The standard InChI is InChI=1S/C13H24N4/c1-2-11-5-3-6-12(9-11)14-8-4-7-13-15-10-16-17-13/h10-12,14H,2-9H2,1H3,(H,15,16,17). The normalized spacial score (nSPS) is 25.0. The Balaban J connectivity index is 1.58. The number of aryl methyl sites for hydroxylation is 1. The van der Waals surface area contributed by atoms with E-state index in [0.29, 0.717) is 0 Å². The summed E-state index contributed by atoms with van der Waals surface area (Å²) in [4.78, 5) is 4.13. The second-order valence-corrected chi connectivity index (χ2v) is 5.13. The van der Waals surface area contributed by atoms with E-state index >= 15 is 0 Å². The van der Waals surface area contributed by atoms with Gasteiger partial charge in [-0.15, -0.1) is 0 Å². The third kappa shape index (κ3) is 4.11. The van der Waals surface area contributed by atoms with Gasteiger partial charge in [-0.05, 0) is 31.7 Å². The molecule has 4 nitrogen and oxygen atoms in total. The Bertz CT molecular complexity index is 296. The first-order valence-electron chi connectivity index (χ1n) is 6.96. The minimum absolute atomic E-state index is 0.753. The summed E-state index contributed by atoms with van der Waals surface area (Å²) in [6, 6.07) is 0.753. The summed E-state index contributed by atoms with van der Waals surface area (Å²) in [5.74, 6) is 1.96. The zero-order chi connectivity index (χ0) is 11.9. The van der Waals surface area contributed by atoms with Crippen LogP contribution in [0.4, 0.5) is 0 Å². The van der Waals surface area contributed by atoms with Crippen LogP contribution in [0.2, 0.25) is 0 Å². The van der Waals surface area contributed by atoms with Gasteiger partial charge in [0, 0.05) is 12.5 Å². The number of nitrogens with zero attached hydrogens (tertiary/aromatic N) is 2. The number of hydrogen-bond acceptors (Lipinski definition) is 3. The van der Waals surface area contributed by atoms with E-state index in [-0.39, 0.29) is 0 Å². The van der Waals surface area contributed by atoms with Crippen molar-refractivity contribution in [1.82, 2.24) is 20.5 Å². The van der Waals surface area contributed by atoms with Gasteiger partial charge in [0.1, 0.15) is 12.2 Å². The highest BCUT2D eigenvalue weighted by atomic mass is 15.2. The first kappa shape index (κ1) is 12.6. The molecule has 96 valence electrons. The lowest BCUT2D eigenvalue weighted by molar-refractivity contribution is 0.279. The molecule has 4 heteroatoms. The van der Waals surface area contributed by atoms with E-state index < -0.39 is 0 Å². The van der Waals surface area contributed by atoms with E-state index in [0.717, 1.165) is 37.2 Å². The smallest absolute Gasteiger partial charge is 0.137 e. The monoisotopic (exact) mass is 236 g/mol. The van der Waals surface area contributed by atoms with Crippen molar-refractivity contribution in [3.8, 4) is 0 Å². The van der Waals surface area contributed by atoms with E-state index in [1.165, 1.54) is 32.1 Å². The number of rotatable bonds is 6. The highest BCUT2D eigenvalue weighted by Crippen LogP contribution is 2.26. The van der Waals surface area contributed by atoms with Crippen LogP contribution in [0, 0.1) is 5.92 Å². The molecule has 0 spiro atoms. The van der Waals surface area contributed by atoms with Gasteiger partial charge in [0.25, 0.3) is 0 Å². The molecule has 0 bridgehead atoms. The van der Waals surface area contributed by atoms with Crippen molar-refractivity contribution in [1.29, 1.82) is 0 Å². The summed E-state index contributed by atoms with van der Waals surface area (Å²) in [6.45, 7) is 3.42. The second kappa shape index (κ2) is 6.74. The molecule has 0 aromatic carbocycles. The first-order valence-corrected chi connectivity index (χ1v) is 6.96. The molecular formula is C13H24N4. The predicted molar refractivity (Wildman–Crippen MR) is 68.7 cm³/mol. The maximum Gasteiger partial charge on any atom is 0.137 e. The van der Waals surface area contributed by atoms with Crippen LogP contribution in [-0.4, -0.2) is 27.8 Å². The van der Waals surface area contributed by atoms with Crippen molar-refractivity contribution in [3.05, 3.63) is 12.2 Å². The Morgan fingerprint density at radius 3 is 3.18 bits per heavy atom. The quantitative estimate of drug-likeness (QED) is 0.745. The van der Waals surface area contributed by atoms with E-state index in [2.05, 4.69) is 27.4 Å². The van der Waals surface area contributed by atoms with Crippen molar-refractivity contribution in [2.45, 2.75) is 57.9 Å². The SMILES string of the molecule is CCC1CCCC(NCCCc2ncn[nH]2)C1. The lowest BCUT2D eigenvalue weighted by Crippen LogP contribution is -2.34. The van der Waals surface area contributed by atoms with E-state index in [1.54, 1.807) is 6.33 Å². The summed E-state index contributed by atoms with van der Waals surface area (Å²) < 4.78 is 0. The number of hydrogen-bond donors (Lipinski definition) is 2. The fourth-order valence-electron chi connectivity index (χ4n) is 2.76. The van der Waals surface area contributed by atoms with Crippen molar-refractivity contribution in [2.24, 2.45) is 5.92 Å². The lowest BCUT2D eigenvalue weighted by atomic mass is 9.84. The number of nitrogens with one attached hydrogen (secondary N) is 2. The number of aromatic amines is 1. The Kier molecular flexibility index (Phi) is 4.98. The van der Waals surface area contributed by atoms with Crippen LogP contribution in [0.3, 0.4) is 0 Å². The van der Waals surface area contributed by atoms with E-state index in [4.69, 9.17) is 0 Å². The molecule has 1 aliphatic rings. The van der Waals surface area contributed by atoms with Crippen LogP contribution in [0.5, 0.6) is 0 Å². The van der Waals surface area contributed by atoms with Crippen molar-refractivity contribution >= 4 is 0 Å². The predicted octanol–water partition coefficient (Wildman–Crippen LogP) is 2.30. The van der Waals surface area contributed by atoms with Crippen LogP contribution in [-0.2, 0) is 6.42 Å². The molecule has 1 fully saturated rings. The molecule has 0 radical (unpaired) electrons. The minimum atomic E-state index is 0.753. The summed E-state index contributed by atoms with van der Waals surface area (Å²) in [7, 11) is 0. The molecule has 2 atom stereocenters. The first-order chi connectivity index (χ1) is 8.38. The highest BCUT2D eigenvalue weighted by Gasteiger charge is 2.19. The molecule has 0 aliphatic heterocycles. The molecule has 0 saturated heterocycles. The van der Waals surface area contributed by atoms with Crippen LogP contribution >= 0.6 is 0 Å². The Labute approximate surface area is 104 Å². The Morgan fingerprint density at radius 1 is 1.47 bits per heavy atom. The molecule has 1 aliphatic carbocycles. The highest BCUT2D eigenvalue weighted by molar-refractivity contribution is 4.81. The molecule has 1 heterocycles. The Morgan fingerprint density at radius 2 is 2.41 bits per heavy atom. The summed E-state index contributed by atoms with van der Waals surface area (Å²) >= 11 is 0. The summed E-state index contributed by atoms with van der Waals surface area (Å²) in [5.41, 5.74) is 0. The molecule has 17 heavy (non-hydrogen) atoms. The molecule has 2 N–H and O–H groups in total. The molecule has 2 unspecified atom stereocenters. The maximum atomic E-state index is 4.13. The molecule has 1 aromatic rings. The van der Waals surface area contributed by atoms with Gasteiger partial charge < -0.3 is 5.32 Å². The third-order valence-electron chi connectivity index (χ3n) is 3.85.